The van der Waals surface area contributed by atoms with Crippen molar-refractivity contribution >= 4 is 15.9 Å². The average molecular weight is 234 g/mol. The fraction of sp³-hybridized carbons (Fsp3) is 0.889. The molecule has 1 rings (SSSR count). The Bertz CT molecular complexity index is 344. The van der Waals surface area contributed by atoms with Crippen molar-refractivity contribution in [3.05, 3.63) is 0 Å². The first kappa shape index (κ1) is 12.4. The minimum absolute atomic E-state index is 0.0263. The molecule has 0 aliphatic heterocycles. The van der Waals surface area contributed by atoms with Crippen LogP contribution in [0.4, 0.5) is 0 Å². The summed E-state index contributed by atoms with van der Waals surface area (Å²) in [7, 11) is -3.24. The quantitative estimate of drug-likeness (QED) is 0.694. The first-order valence-corrected chi connectivity index (χ1v) is 6.85. The zero-order valence-electron chi connectivity index (χ0n) is 9.33. The summed E-state index contributed by atoms with van der Waals surface area (Å²) in [5.74, 6) is 0.178. The van der Waals surface area contributed by atoms with Gasteiger partial charge in [-0.25, -0.2) is 13.1 Å². The van der Waals surface area contributed by atoms with Crippen LogP contribution in [-0.4, -0.2) is 32.7 Å². The van der Waals surface area contributed by atoms with E-state index in [-0.39, 0.29) is 11.8 Å². The van der Waals surface area contributed by atoms with Gasteiger partial charge in [0.25, 0.3) is 0 Å². The van der Waals surface area contributed by atoms with Crippen molar-refractivity contribution in [1.82, 2.24) is 10.0 Å². The van der Waals surface area contributed by atoms with Crippen LogP contribution in [0, 0.1) is 5.92 Å². The molecule has 0 spiro atoms. The Hall–Kier alpha value is -0.620. The molecule has 1 aliphatic carbocycles. The fourth-order valence-electron chi connectivity index (χ4n) is 1.34. The molecule has 0 aromatic heterocycles. The summed E-state index contributed by atoms with van der Waals surface area (Å²) in [6.45, 7) is 3.79. The van der Waals surface area contributed by atoms with E-state index in [0.717, 1.165) is 19.1 Å². The third-order valence-electron chi connectivity index (χ3n) is 2.11. The van der Waals surface area contributed by atoms with Gasteiger partial charge in [0.2, 0.25) is 15.9 Å². The maximum Gasteiger partial charge on any atom is 0.223 e. The van der Waals surface area contributed by atoms with Crippen LogP contribution in [0.3, 0.4) is 0 Å². The lowest BCUT2D eigenvalue weighted by Gasteiger charge is -2.25. The lowest BCUT2D eigenvalue weighted by atomic mass is 10.1. The molecule has 0 heterocycles. The summed E-state index contributed by atoms with van der Waals surface area (Å²) >= 11 is 0. The summed E-state index contributed by atoms with van der Waals surface area (Å²) in [5.41, 5.74) is -0.641. The largest absolute Gasteiger partial charge is 0.354 e. The number of carbonyl (C=O) groups excluding carboxylic acids is 1. The van der Waals surface area contributed by atoms with Crippen molar-refractivity contribution in [2.75, 3.05) is 12.8 Å². The molecule has 6 heteroatoms. The van der Waals surface area contributed by atoms with Gasteiger partial charge in [0, 0.05) is 18.0 Å². The molecule has 5 nitrogen and oxygen atoms in total. The number of hydrogen-bond donors (Lipinski definition) is 2. The van der Waals surface area contributed by atoms with E-state index in [9.17, 15) is 13.2 Å². The minimum atomic E-state index is -3.24. The first-order chi connectivity index (χ1) is 6.70. The van der Waals surface area contributed by atoms with Crippen molar-refractivity contribution in [1.29, 1.82) is 0 Å². The third-order valence-corrected chi connectivity index (χ3v) is 3.04. The van der Waals surface area contributed by atoms with Crippen molar-refractivity contribution < 1.29 is 13.2 Å². The number of nitrogens with one attached hydrogen (secondary N) is 2. The summed E-state index contributed by atoms with van der Waals surface area (Å²) in [4.78, 5) is 11.3. The van der Waals surface area contributed by atoms with E-state index in [0.29, 0.717) is 6.54 Å². The molecule has 0 atom stereocenters. The van der Waals surface area contributed by atoms with Gasteiger partial charge in [-0.3, -0.25) is 4.79 Å². The lowest BCUT2D eigenvalue weighted by Crippen LogP contribution is -2.51. The number of rotatable bonds is 5. The molecule has 0 aromatic rings. The van der Waals surface area contributed by atoms with E-state index in [2.05, 4.69) is 10.0 Å². The highest BCUT2D eigenvalue weighted by atomic mass is 32.2. The highest BCUT2D eigenvalue weighted by molar-refractivity contribution is 7.88. The summed E-state index contributed by atoms with van der Waals surface area (Å²) in [5, 5.41) is 2.74. The Kier molecular flexibility index (Phi) is 3.40. The zero-order valence-corrected chi connectivity index (χ0v) is 10.1. The fourth-order valence-corrected chi connectivity index (χ4v) is 2.41. The highest BCUT2D eigenvalue weighted by Crippen LogP contribution is 2.28. The van der Waals surface area contributed by atoms with Crippen LogP contribution in [0.25, 0.3) is 0 Å². The summed E-state index contributed by atoms with van der Waals surface area (Å²) in [6.07, 6.45) is 3.01. The number of sulfonamides is 1. The molecule has 88 valence electrons. The molecule has 0 saturated heterocycles. The monoisotopic (exact) mass is 234 g/mol. The second-order valence-electron chi connectivity index (χ2n) is 4.75. The Labute approximate surface area is 90.7 Å². The molecule has 2 N–H and O–H groups in total. The van der Waals surface area contributed by atoms with Gasteiger partial charge in [-0.1, -0.05) is 0 Å². The summed E-state index contributed by atoms with van der Waals surface area (Å²) < 4.78 is 24.5. The highest BCUT2D eigenvalue weighted by Gasteiger charge is 2.31. The molecule has 0 unspecified atom stereocenters. The van der Waals surface area contributed by atoms with Crippen LogP contribution < -0.4 is 10.0 Å². The maximum absolute atomic E-state index is 11.3. The van der Waals surface area contributed by atoms with Crippen LogP contribution in [0.1, 0.15) is 26.7 Å². The van der Waals surface area contributed by atoms with E-state index in [1.165, 1.54) is 0 Å². The lowest BCUT2D eigenvalue weighted by molar-refractivity contribution is -0.122. The van der Waals surface area contributed by atoms with Gasteiger partial charge in [-0.15, -0.1) is 0 Å². The maximum atomic E-state index is 11.3. The standard InChI is InChI=1S/C9H18N2O3S/c1-9(2,11-15(3,13)14)6-10-8(12)7-4-5-7/h7,11H,4-6H2,1-3H3,(H,10,12). The van der Waals surface area contributed by atoms with Crippen molar-refractivity contribution in [2.45, 2.75) is 32.2 Å². The predicted octanol–water partition coefficient (Wildman–Crippen LogP) is -0.160. The minimum Gasteiger partial charge on any atom is -0.354 e. The molecule has 0 aromatic carbocycles. The van der Waals surface area contributed by atoms with E-state index in [4.69, 9.17) is 0 Å². The van der Waals surface area contributed by atoms with Gasteiger partial charge in [-0.2, -0.15) is 0 Å². The molecular weight excluding hydrogens is 216 g/mol. The molecule has 0 radical (unpaired) electrons. The number of hydrogen-bond acceptors (Lipinski definition) is 3. The number of amides is 1. The van der Waals surface area contributed by atoms with Crippen LogP contribution in [0.15, 0.2) is 0 Å². The van der Waals surface area contributed by atoms with Crippen molar-refractivity contribution in [3.8, 4) is 0 Å². The van der Waals surface area contributed by atoms with E-state index in [1.54, 1.807) is 13.8 Å². The van der Waals surface area contributed by atoms with Gasteiger partial charge < -0.3 is 5.32 Å². The predicted molar refractivity (Wildman–Crippen MR) is 57.8 cm³/mol. The molecule has 1 aliphatic rings. The molecule has 1 fully saturated rings. The molecule has 0 bridgehead atoms. The second kappa shape index (κ2) is 4.09. The van der Waals surface area contributed by atoms with Crippen molar-refractivity contribution in [2.24, 2.45) is 5.92 Å². The zero-order chi connectivity index (χ0) is 11.7. The first-order valence-electron chi connectivity index (χ1n) is 4.96. The van der Waals surface area contributed by atoms with Gasteiger partial charge in [0.1, 0.15) is 0 Å². The Morgan fingerprint density at radius 3 is 2.33 bits per heavy atom. The average Bonchev–Trinajstić information content (AvgIpc) is 2.77. The van der Waals surface area contributed by atoms with Gasteiger partial charge >= 0.3 is 0 Å². The van der Waals surface area contributed by atoms with Gasteiger partial charge in [-0.05, 0) is 26.7 Å². The van der Waals surface area contributed by atoms with Crippen LogP contribution in [0.5, 0.6) is 0 Å². The molecule has 15 heavy (non-hydrogen) atoms. The topological polar surface area (TPSA) is 75.3 Å². The van der Waals surface area contributed by atoms with E-state index in [1.807, 2.05) is 0 Å². The molecular formula is C9H18N2O3S. The molecule has 1 saturated carbocycles. The SMILES string of the molecule is CC(C)(CNC(=O)C1CC1)NS(C)(=O)=O. The normalized spacial score (nSPS) is 17.5. The molecule has 1 amide bonds. The summed E-state index contributed by atoms with van der Waals surface area (Å²) in [6, 6.07) is 0. The Morgan fingerprint density at radius 1 is 1.40 bits per heavy atom. The van der Waals surface area contributed by atoms with Crippen LogP contribution in [0.2, 0.25) is 0 Å². The smallest absolute Gasteiger partial charge is 0.223 e. The van der Waals surface area contributed by atoms with Gasteiger partial charge in [0.15, 0.2) is 0 Å². The van der Waals surface area contributed by atoms with Crippen LogP contribution in [-0.2, 0) is 14.8 Å². The van der Waals surface area contributed by atoms with Crippen molar-refractivity contribution in [3.63, 3.8) is 0 Å². The Balaban J connectivity index is 2.38. The van der Waals surface area contributed by atoms with Crippen LogP contribution >= 0.6 is 0 Å². The second-order valence-corrected chi connectivity index (χ2v) is 6.50. The van der Waals surface area contributed by atoms with E-state index >= 15 is 0 Å². The van der Waals surface area contributed by atoms with E-state index < -0.39 is 15.6 Å². The Morgan fingerprint density at radius 2 is 1.93 bits per heavy atom. The number of carbonyl (C=O) groups is 1. The third kappa shape index (κ3) is 5.13. The van der Waals surface area contributed by atoms with Gasteiger partial charge in [0.05, 0.1) is 6.26 Å².